The van der Waals surface area contributed by atoms with E-state index in [2.05, 4.69) is 18.2 Å². The molecule has 2 heteroatoms. The third kappa shape index (κ3) is 6.04. The zero-order chi connectivity index (χ0) is 15.5. The SMILES string of the molecule is COc1cccc(/C=C/CCCCCOc2ccccc2)c1. The number of rotatable bonds is 9. The highest BCUT2D eigenvalue weighted by Gasteiger charge is 1.93. The molecule has 0 N–H and O–H groups in total. The fourth-order valence-corrected chi connectivity index (χ4v) is 2.21. The number of hydrogen-bond donors (Lipinski definition) is 0. The van der Waals surface area contributed by atoms with Gasteiger partial charge in [0.05, 0.1) is 13.7 Å². The minimum atomic E-state index is 0.795. The summed E-state index contributed by atoms with van der Waals surface area (Å²) in [6.07, 6.45) is 8.97. The van der Waals surface area contributed by atoms with Crippen LogP contribution in [0, 0.1) is 0 Å². The van der Waals surface area contributed by atoms with Gasteiger partial charge in [0.25, 0.3) is 0 Å². The molecule has 0 saturated carbocycles. The molecule has 0 aliphatic carbocycles. The molecule has 0 bridgehead atoms. The van der Waals surface area contributed by atoms with Gasteiger partial charge in [-0.2, -0.15) is 0 Å². The van der Waals surface area contributed by atoms with E-state index < -0.39 is 0 Å². The third-order valence-corrected chi connectivity index (χ3v) is 3.43. The Morgan fingerprint density at radius 1 is 0.864 bits per heavy atom. The van der Waals surface area contributed by atoms with Crippen LogP contribution in [0.25, 0.3) is 6.08 Å². The van der Waals surface area contributed by atoms with E-state index in [1.54, 1.807) is 7.11 Å². The van der Waals surface area contributed by atoms with Crippen LogP contribution in [0.5, 0.6) is 11.5 Å². The van der Waals surface area contributed by atoms with Crippen molar-refractivity contribution in [3.63, 3.8) is 0 Å². The smallest absolute Gasteiger partial charge is 0.119 e. The van der Waals surface area contributed by atoms with E-state index in [0.717, 1.165) is 30.9 Å². The van der Waals surface area contributed by atoms with Crippen molar-refractivity contribution >= 4 is 6.08 Å². The molecule has 0 atom stereocenters. The molecule has 0 aliphatic heterocycles. The van der Waals surface area contributed by atoms with Crippen LogP contribution in [-0.2, 0) is 0 Å². The molecule has 2 rings (SSSR count). The summed E-state index contributed by atoms with van der Waals surface area (Å²) >= 11 is 0. The van der Waals surface area contributed by atoms with E-state index in [-0.39, 0.29) is 0 Å². The molecule has 116 valence electrons. The predicted octanol–water partition coefficient (Wildman–Crippen LogP) is 5.35. The van der Waals surface area contributed by atoms with Gasteiger partial charge in [0, 0.05) is 0 Å². The fourth-order valence-electron chi connectivity index (χ4n) is 2.21. The molecular formula is C20H24O2. The lowest BCUT2D eigenvalue weighted by Gasteiger charge is -2.05. The minimum Gasteiger partial charge on any atom is -0.497 e. The molecule has 0 aliphatic rings. The zero-order valence-electron chi connectivity index (χ0n) is 13.2. The highest BCUT2D eigenvalue weighted by atomic mass is 16.5. The first-order valence-corrected chi connectivity index (χ1v) is 7.87. The quantitative estimate of drug-likeness (QED) is 0.581. The second-order valence-electron chi connectivity index (χ2n) is 5.19. The summed E-state index contributed by atoms with van der Waals surface area (Å²) in [7, 11) is 1.69. The monoisotopic (exact) mass is 296 g/mol. The van der Waals surface area contributed by atoms with Gasteiger partial charge in [-0.1, -0.05) is 42.5 Å². The number of benzene rings is 2. The van der Waals surface area contributed by atoms with Crippen molar-refractivity contribution in [2.24, 2.45) is 0 Å². The molecule has 0 fully saturated rings. The first kappa shape index (κ1) is 16.2. The van der Waals surface area contributed by atoms with Gasteiger partial charge in [-0.05, 0) is 55.5 Å². The molecular weight excluding hydrogens is 272 g/mol. The maximum absolute atomic E-state index is 5.68. The lowest BCUT2D eigenvalue weighted by molar-refractivity contribution is 0.305. The Labute approximate surface area is 133 Å². The standard InChI is InChI=1S/C20H24O2/c1-21-20-15-10-12-18(17-20)11-6-3-2-4-9-16-22-19-13-7-5-8-14-19/h5-8,10-15,17H,2-4,9,16H2,1H3/b11-6+. The van der Waals surface area contributed by atoms with Crippen LogP contribution in [0.2, 0.25) is 0 Å². The fraction of sp³-hybridized carbons (Fsp3) is 0.300. The van der Waals surface area contributed by atoms with Crippen LogP contribution in [-0.4, -0.2) is 13.7 Å². The Morgan fingerprint density at radius 3 is 2.50 bits per heavy atom. The van der Waals surface area contributed by atoms with Crippen molar-refractivity contribution in [3.05, 3.63) is 66.2 Å². The molecule has 0 saturated heterocycles. The molecule has 0 amide bonds. The van der Waals surface area contributed by atoms with Crippen LogP contribution in [0.1, 0.15) is 31.2 Å². The molecule has 22 heavy (non-hydrogen) atoms. The Balaban J connectivity index is 1.56. The second-order valence-corrected chi connectivity index (χ2v) is 5.19. The number of ether oxygens (including phenoxy) is 2. The van der Waals surface area contributed by atoms with Crippen molar-refractivity contribution in [2.45, 2.75) is 25.7 Å². The highest BCUT2D eigenvalue weighted by Crippen LogP contribution is 2.14. The van der Waals surface area contributed by atoms with Gasteiger partial charge in [0.2, 0.25) is 0 Å². The topological polar surface area (TPSA) is 18.5 Å². The van der Waals surface area contributed by atoms with E-state index in [9.17, 15) is 0 Å². The van der Waals surface area contributed by atoms with Crippen LogP contribution < -0.4 is 9.47 Å². The number of hydrogen-bond acceptors (Lipinski definition) is 2. The van der Waals surface area contributed by atoms with E-state index in [0.29, 0.717) is 0 Å². The summed E-state index contributed by atoms with van der Waals surface area (Å²) in [5.74, 6) is 1.86. The van der Waals surface area contributed by atoms with Crippen LogP contribution in [0.3, 0.4) is 0 Å². The summed E-state index contributed by atoms with van der Waals surface area (Å²) in [6, 6.07) is 18.1. The van der Waals surface area contributed by atoms with E-state index in [1.807, 2.05) is 48.5 Å². The summed E-state index contributed by atoms with van der Waals surface area (Å²) < 4.78 is 10.9. The second kappa shape index (κ2) is 9.67. The first-order valence-electron chi connectivity index (χ1n) is 7.87. The van der Waals surface area contributed by atoms with Crippen molar-refractivity contribution in [3.8, 4) is 11.5 Å². The predicted molar refractivity (Wildman–Crippen MR) is 92.4 cm³/mol. The zero-order valence-corrected chi connectivity index (χ0v) is 13.2. The van der Waals surface area contributed by atoms with Gasteiger partial charge >= 0.3 is 0 Å². The molecule has 2 aromatic rings. The number of methoxy groups -OCH3 is 1. The largest absolute Gasteiger partial charge is 0.497 e. The lowest BCUT2D eigenvalue weighted by atomic mass is 10.1. The highest BCUT2D eigenvalue weighted by molar-refractivity contribution is 5.51. The van der Waals surface area contributed by atoms with Gasteiger partial charge in [0.15, 0.2) is 0 Å². The summed E-state index contributed by atoms with van der Waals surface area (Å²) in [6.45, 7) is 0.795. The Morgan fingerprint density at radius 2 is 1.68 bits per heavy atom. The number of para-hydroxylation sites is 1. The Hall–Kier alpha value is -2.22. The Kier molecular flexibility index (Phi) is 7.10. The average molecular weight is 296 g/mol. The van der Waals surface area contributed by atoms with Gasteiger partial charge in [-0.15, -0.1) is 0 Å². The minimum absolute atomic E-state index is 0.795. The van der Waals surface area contributed by atoms with Gasteiger partial charge in [0.1, 0.15) is 11.5 Å². The van der Waals surface area contributed by atoms with Crippen molar-refractivity contribution in [2.75, 3.05) is 13.7 Å². The summed E-state index contributed by atoms with van der Waals surface area (Å²) in [4.78, 5) is 0. The lowest BCUT2D eigenvalue weighted by Crippen LogP contribution is -1.96. The third-order valence-electron chi connectivity index (χ3n) is 3.43. The van der Waals surface area contributed by atoms with E-state index in [4.69, 9.17) is 9.47 Å². The average Bonchev–Trinajstić information content (AvgIpc) is 2.58. The van der Waals surface area contributed by atoms with E-state index >= 15 is 0 Å². The van der Waals surface area contributed by atoms with Gasteiger partial charge in [-0.3, -0.25) is 0 Å². The Bertz CT molecular complexity index is 561. The van der Waals surface area contributed by atoms with Crippen molar-refractivity contribution in [1.82, 2.24) is 0 Å². The first-order chi connectivity index (χ1) is 10.9. The van der Waals surface area contributed by atoms with Crippen LogP contribution in [0.4, 0.5) is 0 Å². The van der Waals surface area contributed by atoms with Crippen LogP contribution in [0.15, 0.2) is 60.7 Å². The maximum atomic E-state index is 5.68. The molecule has 0 unspecified atom stereocenters. The van der Waals surface area contributed by atoms with E-state index in [1.165, 1.54) is 18.4 Å². The molecule has 0 spiro atoms. The van der Waals surface area contributed by atoms with Crippen molar-refractivity contribution in [1.29, 1.82) is 0 Å². The number of allylic oxidation sites excluding steroid dienone is 1. The molecule has 0 aromatic heterocycles. The van der Waals surface area contributed by atoms with Crippen LogP contribution >= 0.6 is 0 Å². The van der Waals surface area contributed by atoms with Gasteiger partial charge in [-0.25, -0.2) is 0 Å². The maximum Gasteiger partial charge on any atom is 0.119 e. The molecule has 0 heterocycles. The summed E-state index contributed by atoms with van der Waals surface area (Å²) in [5.41, 5.74) is 1.19. The number of unbranched alkanes of at least 4 members (excludes halogenated alkanes) is 3. The molecule has 2 aromatic carbocycles. The molecule has 0 radical (unpaired) electrons. The summed E-state index contributed by atoms with van der Waals surface area (Å²) in [5, 5.41) is 0. The van der Waals surface area contributed by atoms with Crippen molar-refractivity contribution < 1.29 is 9.47 Å². The normalized spacial score (nSPS) is 10.8. The van der Waals surface area contributed by atoms with Gasteiger partial charge < -0.3 is 9.47 Å². The molecule has 2 nitrogen and oxygen atoms in total.